The summed E-state index contributed by atoms with van der Waals surface area (Å²) in [4.78, 5) is 24.5. The van der Waals surface area contributed by atoms with E-state index in [1.165, 1.54) is 0 Å². The number of thiazole rings is 1. The molecule has 1 aromatic rings. The van der Waals surface area contributed by atoms with Gasteiger partial charge in [0.2, 0.25) is 0 Å². The summed E-state index contributed by atoms with van der Waals surface area (Å²) in [7, 11) is 5.51. The molecule has 1 heterocycles. The van der Waals surface area contributed by atoms with Crippen LogP contribution in [0.2, 0.25) is 0 Å². The fourth-order valence-corrected chi connectivity index (χ4v) is 3.00. The van der Waals surface area contributed by atoms with Gasteiger partial charge in [-0.15, -0.1) is 35.3 Å². The van der Waals surface area contributed by atoms with Crippen molar-refractivity contribution in [1.82, 2.24) is 20.1 Å². The number of aromatic nitrogens is 1. The lowest BCUT2D eigenvalue weighted by Crippen LogP contribution is -2.43. The van der Waals surface area contributed by atoms with Crippen LogP contribution in [0.4, 0.5) is 4.79 Å². The lowest BCUT2D eigenvalue weighted by Gasteiger charge is -2.27. The molecule has 1 rings (SSSR count). The van der Waals surface area contributed by atoms with E-state index in [9.17, 15) is 4.79 Å². The predicted octanol–water partition coefficient (Wildman–Crippen LogP) is 3.58. The van der Waals surface area contributed by atoms with E-state index >= 15 is 0 Å². The smallest absolute Gasteiger partial charge is 0.410 e. The van der Waals surface area contributed by atoms with Crippen molar-refractivity contribution in [2.24, 2.45) is 10.9 Å². The van der Waals surface area contributed by atoms with Gasteiger partial charge in [-0.05, 0) is 33.6 Å². The van der Waals surface area contributed by atoms with Crippen LogP contribution in [0.25, 0.3) is 0 Å². The summed E-state index contributed by atoms with van der Waals surface area (Å²) in [6.45, 7) is 11.7. The second kappa shape index (κ2) is 11.7. The molecule has 9 heteroatoms. The highest BCUT2D eigenvalue weighted by Crippen LogP contribution is 2.11. The van der Waals surface area contributed by atoms with E-state index in [4.69, 9.17) is 4.74 Å². The Morgan fingerprint density at radius 3 is 2.48 bits per heavy atom. The van der Waals surface area contributed by atoms with Gasteiger partial charge in [-0.25, -0.2) is 9.78 Å². The standard InChI is InChI=1S/C18H33N5O2S.HI/c1-13(10-23(8)17(24)25-18(3,4)5)9-20-16(19-6)22(7)11-15-12-26-14(2)21-15;/h12-13H,9-11H2,1-8H3,(H,19,20);1H. The second-order valence-corrected chi connectivity index (χ2v) is 8.67. The summed E-state index contributed by atoms with van der Waals surface area (Å²) in [6, 6.07) is 0. The average Bonchev–Trinajstić information content (AvgIpc) is 2.91. The summed E-state index contributed by atoms with van der Waals surface area (Å²) < 4.78 is 5.38. The number of aliphatic imine (C=N–C) groups is 1. The maximum absolute atomic E-state index is 12.0. The molecule has 1 N–H and O–H groups in total. The third-order valence-corrected chi connectivity index (χ3v) is 4.36. The minimum Gasteiger partial charge on any atom is -0.444 e. The average molecular weight is 511 g/mol. The van der Waals surface area contributed by atoms with Crippen LogP contribution in [-0.2, 0) is 11.3 Å². The highest BCUT2D eigenvalue weighted by molar-refractivity contribution is 14.0. The van der Waals surface area contributed by atoms with E-state index in [-0.39, 0.29) is 36.0 Å². The number of halogens is 1. The van der Waals surface area contributed by atoms with Crippen LogP contribution in [0.1, 0.15) is 38.4 Å². The molecular weight excluding hydrogens is 477 g/mol. The van der Waals surface area contributed by atoms with Crippen molar-refractivity contribution in [1.29, 1.82) is 0 Å². The minimum absolute atomic E-state index is 0. The zero-order valence-electron chi connectivity index (χ0n) is 17.7. The fraction of sp³-hybridized carbons (Fsp3) is 0.722. The van der Waals surface area contributed by atoms with Crippen molar-refractivity contribution < 1.29 is 9.53 Å². The maximum Gasteiger partial charge on any atom is 0.410 e. The molecule has 0 aliphatic carbocycles. The molecule has 27 heavy (non-hydrogen) atoms. The normalized spacial score (nSPS) is 12.8. The summed E-state index contributed by atoms with van der Waals surface area (Å²) >= 11 is 1.65. The van der Waals surface area contributed by atoms with Gasteiger partial charge in [-0.3, -0.25) is 4.99 Å². The van der Waals surface area contributed by atoms with Crippen LogP contribution in [-0.4, -0.2) is 66.7 Å². The molecule has 0 fully saturated rings. The van der Waals surface area contributed by atoms with Crippen LogP contribution in [0.5, 0.6) is 0 Å². The highest BCUT2D eigenvalue weighted by Gasteiger charge is 2.21. The first-order valence-corrected chi connectivity index (χ1v) is 9.66. The number of amides is 1. The van der Waals surface area contributed by atoms with E-state index < -0.39 is 5.60 Å². The fourth-order valence-electron chi connectivity index (χ4n) is 2.40. The molecule has 1 amide bonds. The lowest BCUT2D eigenvalue weighted by atomic mass is 10.1. The van der Waals surface area contributed by atoms with Crippen molar-refractivity contribution in [2.75, 3.05) is 34.2 Å². The molecule has 0 aliphatic heterocycles. The summed E-state index contributed by atoms with van der Waals surface area (Å²) in [5, 5.41) is 6.49. The van der Waals surface area contributed by atoms with Gasteiger partial charge in [-0.2, -0.15) is 0 Å². The Morgan fingerprint density at radius 1 is 1.37 bits per heavy atom. The van der Waals surface area contributed by atoms with Crippen LogP contribution in [0, 0.1) is 12.8 Å². The van der Waals surface area contributed by atoms with Gasteiger partial charge >= 0.3 is 6.09 Å². The van der Waals surface area contributed by atoms with Gasteiger partial charge in [0.1, 0.15) is 5.60 Å². The molecule has 7 nitrogen and oxygen atoms in total. The Labute approximate surface area is 184 Å². The monoisotopic (exact) mass is 511 g/mol. The van der Waals surface area contributed by atoms with Gasteiger partial charge < -0.3 is 19.9 Å². The number of ether oxygens (including phenoxy) is 1. The Balaban J connectivity index is 0.00000676. The van der Waals surface area contributed by atoms with Gasteiger partial charge in [0.25, 0.3) is 0 Å². The van der Waals surface area contributed by atoms with E-state index in [2.05, 4.69) is 27.6 Å². The largest absolute Gasteiger partial charge is 0.444 e. The van der Waals surface area contributed by atoms with Crippen molar-refractivity contribution in [2.45, 2.75) is 46.8 Å². The first-order valence-electron chi connectivity index (χ1n) is 8.78. The number of nitrogens with one attached hydrogen (secondary N) is 1. The quantitative estimate of drug-likeness (QED) is 0.359. The predicted molar refractivity (Wildman–Crippen MR) is 123 cm³/mol. The SMILES string of the molecule is CN=C(NCC(C)CN(C)C(=O)OC(C)(C)C)N(C)Cc1csc(C)n1.I. The number of carbonyl (C=O) groups excluding carboxylic acids is 1. The summed E-state index contributed by atoms with van der Waals surface area (Å²) in [5.74, 6) is 1.06. The van der Waals surface area contributed by atoms with Gasteiger partial charge in [0.15, 0.2) is 5.96 Å². The molecule has 0 aromatic carbocycles. The molecule has 1 aromatic heterocycles. The Bertz CT molecular complexity index is 615. The third-order valence-electron chi connectivity index (χ3n) is 3.54. The van der Waals surface area contributed by atoms with Crippen molar-refractivity contribution in [3.8, 4) is 0 Å². The molecular formula is C18H34IN5O2S. The number of guanidine groups is 1. The van der Waals surface area contributed by atoms with Gasteiger partial charge in [-0.1, -0.05) is 6.92 Å². The van der Waals surface area contributed by atoms with E-state index in [0.717, 1.165) is 16.7 Å². The van der Waals surface area contributed by atoms with Crippen LogP contribution in [0.15, 0.2) is 10.4 Å². The second-order valence-electron chi connectivity index (χ2n) is 7.61. The molecule has 0 saturated heterocycles. The Hall–Kier alpha value is -1.10. The molecule has 1 atom stereocenters. The van der Waals surface area contributed by atoms with Crippen LogP contribution in [0.3, 0.4) is 0 Å². The molecule has 0 spiro atoms. The number of aryl methyl sites for hydroxylation is 1. The van der Waals surface area contributed by atoms with E-state index in [1.807, 2.05) is 39.6 Å². The van der Waals surface area contributed by atoms with Gasteiger partial charge in [0, 0.05) is 39.6 Å². The number of rotatable bonds is 6. The van der Waals surface area contributed by atoms with E-state index in [0.29, 0.717) is 19.6 Å². The molecule has 156 valence electrons. The number of hydrogen-bond acceptors (Lipinski definition) is 5. The van der Waals surface area contributed by atoms with Crippen LogP contribution < -0.4 is 5.32 Å². The zero-order valence-corrected chi connectivity index (χ0v) is 20.8. The number of hydrogen-bond donors (Lipinski definition) is 1. The first kappa shape index (κ1) is 25.9. The summed E-state index contributed by atoms with van der Waals surface area (Å²) in [6.07, 6.45) is -0.301. The Morgan fingerprint density at radius 2 is 2.00 bits per heavy atom. The topological polar surface area (TPSA) is 70.1 Å². The lowest BCUT2D eigenvalue weighted by molar-refractivity contribution is 0.0277. The molecule has 0 radical (unpaired) electrons. The zero-order chi connectivity index (χ0) is 19.9. The van der Waals surface area contributed by atoms with Gasteiger partial charge in [0.05, 0.1) is 17.2 Å². The molecule has 0 bridgehead atoms. The Kier molecular flexibility index (Phi) is 11.2. The van der Waals surface area contributed by atoms with E-state index in [1.54, 1.807) is 30.3 Å². The van der Waals surface area contributed by atoms with Crippen molar-refractivity contribution >= 4 is 47.4 Å². The number of nitrogens with zero attached hydrogens (tertiary/aromatic N) is 4. The van der Waals surface area contributed by atoms with Crippen LogP contribution >= 0.6 is 35.3 Å². The molecule has 0 aliphatic rings. The highest BCUT2D eigenvalue weighted by atomic mass is 127. The van der Waals surface area contributed by atoms with Crippen molar-refractivity contribution in [3.05, 3.63) is 16.1 Å². The molecule has 1 unspecified atom stereocenters. The first-order chi connectivity index (χ1) is 12.0. The molecule has 0 saturated carbocycles. The number of carbonyl (C=O) groups is 1. The third kappa shape index (κ3) is 10.1. The minimum atomic E-state index is -0.481. The maximum atomic E-state index is 12.0. The van der Waals surface area contributed by atoms with Crippen molar-refractivity contribution in [3.63, 3.8) is 0 Å². The summed E-state index contributed by atoms with van der Waals surface area (Å²) in [5.41, 5.74) is 0.557.